The summed E-state index contributed by atoms with van der Waals surface area (Å²) < 4.78 is 32.2. The average molecular weight is 340 g/mol. The maximum absolute atomic E-state index is 12.6. The summed E-state index contributed by atoms with van der Waals surface area (Å²) >= 11 is 6.99. The van der Waals surface area contributed by atoms with Crippen molar-refractivity contribution in [2.75, 3.05) is 32.7 Å². The van der Waals surface area contributed by atoms with Crippen LogP contribution in [0.15, 0.2) is 16.3 Å². The number of methoxy groups -OCH3 is 1. The number of hydrogen-bond donors (Lipinski definition) is 0. The number of aryl methyl sites for hydroxylation is 1. The highest BCUT2D eigenvalue weighted by Gasteiger charge is 2.26. The van der Waals surface area contributed by atoms with Gasteiger partial charge in [0, 0.05) is 31.0 Å². The van der Waals surface area contributed by atoms with E-state index in [0.717, 1.165) is 4.88 Å². The molecule has 116 valence electrons. The Morgan fingerprint density at radius 3 is 2.65 bits per heavy atom. The number of thiophene rings is 1. The minimum Gasteiger partial charge on any atom is -0.383 e. The molecule has 0 aromatic carbocycles. The van der Waals surface area contributed by atoms with Crippen LogP contribution in [-0.2, 0) is 21.2 Å². The fourth-order valence-corrected chi connectivity index (χ4v) is 5.17. The molecule has 0 amide bonds. The van der Waals surface area contributed by atoms with Crippen LogP contribution in [0, 0.1) is 5.92 Å². The van der Waals surface area contributed by atoms with E-state index in [9.17, 15) is 8.42 Å². The number of ether oxygens (including phenoxy) is 1. The van der Waals surface area contributed by atoms with Crippen molar-refractivity contribution < 1.29 is 13.2 Å². The highest BCUT2D eigenvalue weighted by atomic mass is 35.5. The molecule has 0 aliphatic carbocycles. The molecule has 1 aromatic heterocycles. The third-order valence-electron chi connectivity index (χ3n) is 2.69. The molecule has 0 saturated carbocycles. The molecule has 0 fully saturated rings. The number of sulfonamides is 1. The first-order valence-corrected chi connectivity index (χ1v) is 9.34. The summed E-state index contributed by atoms with van der Waals surface area (Å²) in [7, 11) is -1.86. The maximum atomic E-state index is 12.6. The second-order valence-electron chi connectivity index (χ2n) is 4.91. The fourth-order valence-electron chi connectivity index (χ4n) is 1.76. The molecule has 0 aliphatic rings. The average Bonchev–Trinajstić information content (AvgIpc) is 2.83. The van der Waals surface area contributed by atoms with Crippen molar-refractivity contribution in [3.8, 4) is 0 Å². The Morgan fingerprint density at radius 1 is 1.40 bits per heavy atom. The lowest BCUT2D eigenvalue weighted by Crippen LogP contribution is -2.36. The standard InChI is InChI=1S/C13H22ClNO3S2/c1-11(2)10-15(8-9-18-3)20(16,17)13-5-4-12(19-13)6-7-14/h4-5,11H,6-10H2,1-3H3. The van der Waals surface area contributed by atoms with Gasteiger partial charge in [-0.1, -0.05) is 13.8 Å². The number of nitrogens with zero attached hydrogens (tertiary/aromatic N) is 1. The molecule has 4 nitrogen and oxygen atoms in total. The molecule has 0 saturated heterocycles. The van der Waals surface area contributed by atoms with Crippen molar-refractivity contribution in [3.05, 3.63) is 17.0 Å². The Morgan fingerprint density at radius 2 is 2.10 bits per heavy atom. The zero-order valence-corrected chi connectivity index (χ0v) is 14.5. The van der Waals surface area contributed by atoms with E-state index in [1.807, 2.05) is 19.9 Å². The lowest BCUT2D eigenvalue weighted by molar-refractivity contribution is 0.175. The van der Waals surface area contributed by atoms with E-state index in [2.05, 4.69) is 0 Å². The lowest BCUT2D eigenvalue weighted by atomic mass is 10.2. The zero-order chi connectivity index (χ0) is 15.2. The molecule has 0 bridgehead atoms. The Hall–Kier alpha value is -0.140. The van der Waals surface area contributed by atoms with Crippen molar-refractivity contribution >= 4 is 33.0 Å². The van der Waals surface area contributed by atoms with Crippen LogP contribution in [0.5, 0.6) is 0 Å². The molecule has 0 unspecified atom stereocenters. The van der Waals surface area contributed by atoms with Gasteiger partial charge in [-0.25, -0.2) is 8.42 Å². The van der Waals surface area contributed by atoms with Crippen LogP contribution < -0.4 is 0 Å². The highest BCUT2D eigenvalue weighted by molar-refractivity contribution is 7.91. The number of hydrogen-bond acceptors (Lipinski definition) is 4. The summed E-state index contributed by atoms with van der Waals surface area (Å²) in [5.41, 5.74) is 0. The number of rotatable bonds is 9. The van der Waals surface area contributed by atoms with Gasteiger partial charge < -0.3 is 4.74 Å². The van der Waals surface area contributed by atoms with Gasteiger partial charge in [0.25, 0.3) is 10.0 Å². The smallest absolute Gasteiger partial charge is 0.252 e. The fraction of sp³-hybridized carbons (Fsp3) is 0.692. The molecule has 0 radical (unpaired) electrons. The van der Waals surface area contributed by atoms with E-state index in [4.69, 9.17) is 16.3 Å². The summed E-state index contributed by atoms with van der Waals surface area (Å²) in [6, 6.07) is 3.51. The summed E-state index contributed by atoms with van der Waals surface area (Å²) in [6.07, 6.45) is 0.698. The maximum Gasteiger partial charge on any atom is 0.252 e. The predicted octanol–water partition coefficient (Wildman–Crippen LogP) is 2.82. The molecule has 20 heavy (non-hydrogen) atoms. The molecule has 1 heterocycles. The van der Waals surface area contributed by atoms with Crippen LogP contribution in [0.3, 0.4) is 0 Å². The van der Waals surface area contributed by atoms with Gasteiger partial charge in [0.15, 0.2) is 0 Å². The largest absolute Gasteiger partial charge is 0.383 e. The first-order chi connectivity index (χ1) is 9.41. The molecule has 0 aliphatic heterocycles. The number of alkyl halides is 1. The summed E-state index contributed by atoms with van der Waals surface area (Å²) in [6.45, 7) is 5.27. The van der Waals surface area contributed by atoms with Crippen molar-refractivity contribution in [3.63, 3.8) is 0 Å². The molecule has 1 rings (SSSR count). The molecular formula is C13H22ClNO3S2. The monoisotopic (exact) mass is 339 g/mol. The van der Waals surface area contributed by atoms with E-state index >= 15 is 0 Å². The van der Waals surface area contributed by atoms with Crippen LogP contribution in [0.4, 0.5) is 0 Å². The topological polar surface area (TPSA) is 46.6 Å². The molecule has 0 atom stereocenters. The molecule has 1 aromatic rings. The number of halogens is 1. The normalized spacial score (nSPS) is 12.5. The van der Waals surface area contributed by atoms with Gasteiger partial charge in [-0.05, 0) is 24.5 Å². The van der Waals surface area contributed by atoms with Gasteiger partial charge in [0.1, 0.15) is 4.21 Å². The van der Waals surface area contributed by atoms with Crippen molar-refractivity contribution in [1.82, 2.24) is 4.31 Å². The minimum absolute atomic E-state index is 0.268. The first kappa shape index (κ1) is 17.9. The predicted molar refractivity (Wildman–Crippen MR) is 84.2 cm³/mol. The molecule has 0 spiro atoms. The zero-order valence-electron chi connectivity index (χ0n) is 12.1. The van der Waals surface area contributed by atoms with Gasteiger partial charge >= 0.3 is 0 Å². The van der Waals surface area contributed by atoms with Gasteiger partial charge in [0.2, 0.25) is 0 Å². The molecule has 7 heteroatoms. The molecule has 0 N–H and O–H groups in total. The van der Waals surface area contributed by atoms with Crippen LogP contribution >= 0.6 is 22.9 Å². The van der Waals surface area contributed by atoms with Crippen LogP contribution in [0.1, 0.15) is 18.7 Å². The summed E-state index contributed by atoms with van der Waals surface area (Å²) in [5.74, 6) is 0.767. The third kappa shape index (κ3) is 5.00. The van der Waals surface area contributed by atoms with E-state index in [0.29, 0.717) is 36.2 Å². The second kappa shape index (κ2) is 8.34. The van der Waals surface area contributed by atoms with Crippen molar-refractivity contribution in [1.29, 1.82) is 0 Å². The Kier molecular flexibility index (Phi) is 7.47. The van der Waals surface area contributed by atoms with E-state index in [1.54, 1.807) is 13.2 Å². The molecular weight excluding hydrogens is 318 g/mol. The van der Waals surface area contributed by atoms with Crippen LogP contribution in [0.2, 0.25) is 0 Å². The van der Waals surface area contributed by atoms with Gasteiger partial charge in [-0.15, -0.1) is 22.9 Å². The van der Waals surface area contributed by atoms with Crippen molar-refractivity contribution in [2.45, 2.75) is 24.5 Å². The van der Waals surface area contributed by atoms with Gasteiger partial charge in [-0.3, -0.25) is 0 Å². The van der Waals surface area contributed by atoms with E-state index < -0.39 is 10.0 Å². The Balaban J connectivity index is 2.94. The second-order valence-corrected chi connectivity index (χ2v) is 8.62. The van der Waals surface area contributed by atoms with E-state index in [-0.39, 0.29) is 5.92 Å². The minimum atomic E-state index is -3.44. The van der Waals surface area contributed by atoms with Crippen LogP contribution in [-0.4, -0.2) is 45.4 Å². The SMILES string of the molecule is COCCN(CC(C)C)S(=O)(=O)c1ccc(CCCl)s1. The van der Waals surface area contributed by atoms with Gasteiger partial charge in [-0.2, -0.15) is 4.31 Å². The Labute approximate surface area is 130 Å². The van der Waals surface area contributed by atoms with E-state index in [1.165, 1.54) is 15.6 Å². The van der Waals surface area contributed by atoms with Gasteiger partial charge in [0.05, 0.1) is 6.61 Å². The van der Waals surface area contributed by atoms with Crippen molar-refractivity contribution in [2.24, 2.45) is 5.92 Å². The van der Waals surface area contributed by atoms with Crippen LogP contribution in [0.25, 0.3) is 0 Å². The highest BCUT2D eigenvalue weighted by Crippen LogP contribution is 2.26. The summed E-state index contributed by atoms with van der Waals surface area (Å²) in [5, 5.41) is 0. The quantitative estimate of drug-likeness (QED) is 0.650. The Bertz CT molecular complexity index is 499. The first-order valence-electron chi connectivity index (χ1n) is 6.55. The third-order valence-corrected chi connectivity index (χ3v) is 6.35. The lowest BCUT2D eigenvalue weighted by Gasteiger charge is -2.22. The summed E-state index contributed by atoms with van der Waals surface area (Å²) in [4.78, 5) is 0.995.